The summed E-state index contributed by atoms with van der Waals surface area (Å²) < 4.78 is 4.28. The summed E-state index contributed by atoms with van der Waals surface area (Å²) in [6.07, 6.45) is 4.33. The molecule has 0 spiro atoms. The third-order valence-corrected chi connectivity index (χ3v) is 3.95. The second kappa shape index (κ2) is 5.74. The van der Waals surface area contributed by atoms with Gasteiger partial charge in [0.2, 0.25) is 0 Å². The minimum atomic E-state index is 0.737. The molecule has 0 saturated carbocycles. The molecule has 21 heavy (non-hydrogen) atoms. The summed E-state index contributed by atoms with van der Waals surface area (Å²) in [6, 6.07) is 10.7. The highest BCUT2D eigenvalue weighted by Gasteiger charge is 2.10. The van der Waals surface area contributed by atoms with E-state index in [1.165, 1.54) is 22.2 Å². The van der Waals surface area contributed by atoms with Crippen LogP contribution in [0.25, 0.3) is 10.9 Å². The Labute approximate surface area is 125 Å². The highest BCUT2D eigenvalue weighted by Crippen LogP contribution is 2.23. The van der Waals surface area contributed by atoms with E-state index in [9.17, 15) is 0 Å². The number of nitrogens with two attached hydrogens (primary N) is 1. The van der Waals surface area contributed by atoms with Gasteiger partial charge in [-0.3, -0.25) is 4.68 Å². The molecule has 0 aliphatic heterocycles. The van der Waals surface area contributed by atoms with Crippen molar-refractivity contribution in [3.05, 3.63) is 53.5 Å². The SMILES string of the molecule is Cc1cc(Cn2cc(CCCN)c3ccccc32)n(C)n1. The molecule has 0 aliphatic carbocycles. The van der Waals surface area contributed by atoms with Crippen molar-refractivity contribution in [2.75, 3.05) is 6.54 Å². The van der Waals surface area contributed by atoms with Gasteiger partial charge < -0.3 is 10.3 Å². The number of nitrogens with zero attached hydrogens (tertiary/aromatic N) is 3. The van der Waals surface area contributed by atoms with Crippen LogP contribution in [0.2, 0.25) is 0 Å². The summed E-state index contributed by atoms with van der Waals surface area (Å²) >= 11 is 0. The lowest BCUT2D eigenvalue weighted by Gasteiger charge is -2.05. The molecule has 2 N–H and O–H groups in total. The Kier molecular flexibility index (Phi) is 3.80. The Hall–Kier alpha value is -2.07. The summed E-state index contributed by atoms with van der Waals surface area (Å²) in [4.78, 5) is 0. The lowest BCUT2D eigenvalue weighted by Crippen LogP contribution is -2.04. The molecule has 3 aromatic rings. The molecule has 4 nitrogen and oxygen atoms in total. The van der Waals surface area contributed by atoms with Crippen LogP contribution in [0.4, 0.5) is 0 Å². The zero-order chi connectivity index (χ0) is 14.8. The average Bonchev–Trinajstić information content (AvgIpc) is 2.98. The molecule has 2 heterocycles. The second-order valence-corrected chi connectivity index (χ2v) is 5.59. The monoisotopic (exact) mass is 282 g/mol. The number of rotatable bonds is 5. The summed E-state index contributed by atoms with van der Waals surface area (Å²) in [7, 11) is 2.00. The number of benzene rings is 1. The molecular weight excluding hydrogens is 260 g/mol. The molecule has 4 heteroatoms. The Balaban J connectivity index is 2.00. The van der Waals surface area contributed by atoms with E-state index in [2.05, 4.69) is 46.2 Å². The van der Waals surface area contributed by atoms with Crippen molar-refractivity contribution >= 4 is 10.9 Å². The first kappa shape index (κ1) is 13.9. The molecule has 0 saturated heterocycles. The van der Waals surface area contributed by atoms with Crippen molar-refractivity contribution in [2.45, 2.75) is 26.3 Å². The second-order valence-electron chi connectivity index (χ2n) is 5.59. The number of hydrogen-bond acceptors (Lipinski definition) is 2. The van der Waals surface area contributed by atoms with Crippen molar-refractivity contribution in [3.63, 3.8) is 0 Å². The van der Waals surface area contributed by atoms with Crippen molar-refractivity contribution in [1.82, 2.24) is 14.3 Å². The van der Waals surface area contributed by atoms with E-state index in [0.29, 0.717) is 0 Å². The lowest BCUT2D eigenvalue weighted by molar-refractivity contribution is 0.671. The van der Waals surface area contributed by atoms with E-state index in [1.807, 2.05) is 18.7 Å². The van der Waals surface area contributed by atoms with E-state index in [1.54, 1.807) is 0 Å². The normalized spacial score (nSPS) is 11.4. The highest BCUT2D eigenvalue weighted by molar-refractivity contribution is 5.84. The maximum absolute atomic E-state index is 5.66. The quantitative estimate of drug-likeness (QED) is 0.782. The predicted octanol–water partition coefficient (Wildman–Crippen LogP) is 2.62. The van der Waals surface area contributed by atoms with E-state index < -0.39 is 0 Å². The van der Waals surface area contributed by atoms with Gasteiger partial charge in [-0.25, -0.2) is 0 Å². The van der Waals surface area contributed by atoms with E-state index in [4.69, 9.17) is 5.73 Å². The van der Waals surface area contributed by atoms with Gasteiger partial charge in [-0.1, -0.05) is 18.2 Å². The minimum absolute atomic E-state index is 0.737. The van der Waals surface area contributed by atoms with Crippen LogP contribution >= 0.6 is 0 Å². The number of fused-ring (bicyclic) bond motifs is 1. The van der Waals surface area contributed by atoms with Gasteiger partial charge in [0, 0.05) is 24.1 Å². The van der Waals surface area contributed by atoms with E-state index in [-0.39, 0.29) is 0 Å². The van der Waals surface area contributed by atoms with Gasteiger partial charge in [-0.2, -0.15) is 5.10 Å². The summed E-state index contributed by atoms with van der Waals surface area (Å²) in [5.41, 5.74) is 10.6. The van der Waals surface area contributed by atoms with Gasteiger partial charge in [0.05, 0.1) is 17.9 Å². The molecular formula is C17H22N4. The number of hydrogen-bond donors (Lipinski definition) is 1. The molecule has 0 fully saturated rings. The first-order valence-corrected chi connectivity index (χ1v) is 7.45. The minimum Gasteiger partial charge on any atom is -0.341 e. The number of aryl methyl sites for hydroxylation is 3. The lowest BCUT2D eigenvalue weighted by atomic mass is 10.1. The summed E-state index contributed by atoms with van der Waals surface area (Å²) in [5.74, 6) is 0. The fourth-order valence-corrected chi connectivity index (χ4v) is 2.93. The van der Waals surface area contributed by atoms with Crippen molar-refractivity contribution in [2.24, 2.45) is 12.8 Å². The molecule has 0 amide bonds. The van der Waals surface area contributed by atoms with Gasteiger partial charge in [0.15, 0.2) is 0 Å². The van der Waals surface area contributed by atoms with Gasteiger partial charge >= 0.3 is 0 Å². The molecule has 2 aromatic heterocycles. The first-order valence-electron chi connectivity index (χ1n) is 7.45. The Morgan fingerprint density at radius 2 is 2.05 bits per heavy atom. The third kappa shape index (κ3) is 2.72. The number of aromatic nitrogens is 3. The molecule has 0 aliphatic rings. The zero-order valence-electron chi connectivity index (χ0n) is 12.7. The molecule has 1 aromatic carbocycles. The van der Waals surface area contributed by atoms with Crippen molar-refractivity contribution < 1.29 is 0 Å². The van der Waals surface area contributed by atoms with Crippen LogP contribution in [0.1, 0.15) is 23.4 Å². The van der Waals surface area contributed by atoms with Crippen molar-refractivity contribution in [1.29, 1.82) is 0 Å². The first-order chi connectivity index (χ1) is 10.2. The molecule has 0 bridgehead atoms. The van der Waals surface area contributed by atoms with Crippen LogP contribution in [0.5, 0.6) is 0 Å². The molecule has 0 unspecified atom stereocenters. The van der Waals surface area contributed by atoms with Crippen LogP contribution < -0.4 is 5.73 Å². The third-order valence-electron chi connectivity index (χ3n) is 3.95. The standard InChI is InChI=1S/C17H22N4/c1-13-10-15(20(2)19-13)12-21-11-14(6-5-9-18)16-7-3-4-8-17(16)21/h3-4,7-8,10-11H,5-6,9,12,18H2,1-2H3. The molecule has 0 radical (unpaired) electrons. The Morgan fingerprint density at radius 1 is 1.24 bits per heavy atom. The van der Waals surface area contributed by atoms with Gasteiger partial charge in [0.25, 0.3) is 0 Å². The van der Waals surface area contributed by atoms with Gasteiger partial charge in [-0.15, -0.1) is 0 Å². The highest BCUT2D eigenvalue weighted by atomic mass is 15.3. The summed E-state index contributed by atoms with van der Waals surface area (Å²) in [6.45, 7) is 3.62. The predicted molar refractivity (Wildman–Crippen MR) is 86.4 cm³/mol. The van der Waals surface area contributed by atoms with Crippen LogP contribution in [0.3, 0.4) is 0 Å². The molecule has 110 valence electrons. The maximum Gasteiger partial charge on any atom is 0.0645 e. The van der Waals surface area contributed by atoms with Gasteiger partial charge in [-0.05, 0) is 44.0 Å². The van der Waals surface area contributed by atoms with E-state index in [0.717, 1.165) is 31.6 Å². The fourth-order valence-electron chi connectivity index (χ4n) is 2.93. The van der Waals surface area contributed by atoms with Crippen molar-refractivity contribution in [3.8, 4) is 0 Å². The van der Waals surface area contributed by atoms with Crippen LogP contribution in [0, 0.1) is 6.92 Å². The van der Waals surface area contributed by atoms with Gasteiger partial charge in [0.1, 0.15) is 0 Å². The Bertz CT molecular complexity index is 751. The van der Waals surface area contributed by atoms with Crippen LogP contribution in [-0.2, 0) is 20.0 Å². The average molecular weight is 282 g/mol. The van der Waals surface area contributed by atoms with E-state index >= 15 is 0 Å². The number of para-hydroxylation sites is 1. The van der Waals surface area contributed by atoms with Crippen LogP contribution in [0.15, 0.2) is 36.5 Å². The molecule has 3 rings (SSSR count). The summed E-state index contributed by atoms with van der Waals surface area (Å²) in [5, 5.41) is 5.77. The smallest absolute Gasteiger partial charge is 0.0645 e. The van der Waals surface area contributed by atoms with Crippen LogP contribution in [-0.4, -0.2) is 20.9 Å². The Morgan fingerprint density at radius 3 is 2.76 bits per heavy atom. The largest absolute Gasteiger partial charge is 0.341 e. The molecule has 0 atom stereocenters. The zero-order valence-corrected chi connectivity index (χ0v) is 12.7. The maximum atomic E-state index is 5.66. The fraction of sp³-hybridized carbons (Fsp3) is 0.353. The topological polar surface area (TPSA) is 48.8 Å².